The van der Waals surface area contributed by atoms with Crippen molar-refractivity contribution in [1.29, 1.82) is 0 Å². The predicted molar refractivity (Wildman–Crippen MR) is 123 cm³/mol. The average molecular weight is 420 g/mol. The van der Waals surface area contributed by atoms with Crippen molar-refractivity contribution in [2.75, 3.05) is 25.5 Å². The molecule has 7 heteroatoms. The van der Waals surface area contributed by atoms with E-state index in [1.165, 1.54) is 30.8 Å². The highest BCUT2D eigenvalue weighted by molar-refractivity contribution is 8.00. The zero-order valence-electron chi connectivity index (χ0n) is 17.0. The lowest BCUT2D eigenvalue weighted by Gasteiger charge is -2.28. The smallest absolute Gasteiger partial charge is 0.227 e. The first-order valence-corrected chi connectivity index (χ1v) is 11.0. The summed E-state index contributed by atoms with van der Waals surface area (Å²) in [6, 6.07) is 18.1. The standard InChI is InChI=1S/C23H25N5OS/c1-28-14-11-21(12-15-28)30-20-8-4-18(5-9-20)22-10-13-24-23(27-22)26-19-6-2-17(3-7-19)16-25-29/h2-10,13,21H,11-12,14-16H2,1H3,(H,24,26,27). The molecule has 0 saturated carbocycles. The Labute approximate surface area is 181 Å². The zero-order chi connectivity index (χ0) is 20.8. The number of rotatable bonds is 7. The minimum atomic E-state index is 0.179. The maximum atomic E-state index is 10.4. The second-order valence-electron chi connectivity index (χ2n) is 7.52. The van der Waals surface area contributed by atoms with Crippen molar-refractivity contribution in [3.8, 4) is 11.3 Å². The predicted octanol–water partition coefficient (Wildman–Crippen LogP) is 5.34. The number of piperidine rings is 1. The van der Waals surface area contributed by atoms with Gasteiger partial charge in [0.1, 0.15) is 6.54 Å². The van der Waals surface area contributed by atoms with Crippen LogP contribution < -0.4 is 5.32 Å². The Balaban J connectivity index is 1.41. The number of nitrogens with zero attached hydrogens (tertiary/aromatic N) is 4. The third-order valence-corrected chi connectivity index (χ3v) is 6.58. The van der Waals surface area contributed by atoms with E-state index in [2.05, 4.69) is 56.7 Å². The molecular weight excluding hydrogens is 394 g/mol. The number of thioether (sulfide) groups is 1. The summed E-state index contributed by atoms with van der Waals surface area (Å²) in [7, 11) is 2.20. The number of aromatic nitrogens is 2. The molecule has 1 fully saturated rings. The van der Waals surface area contributed by atoms with Gasteiger partial charge in [-0.3, -0.25) is 0 Å². The van der Waals surface area contributed by atoms with Crippen molar-refractivity contribution in [2.45, 2.75) is 29.5 Å². The molecular formula is C23H25N5OS. The minimum absolute atomic E-state index is 0.179. The molecule has 0 aliphatic carbocycles. The summed E-state index contributed by atoms with van der Waals surface area (Å²) in [5, 5.41) is 6.83. The number of nitroso groups, excluding NO2 is 1. The number of benzene rings is 2. The van der Waals surface area contributed by atoms with E-state index in [-0.39, 0.29) is 6.54 Å². The van der Waals surface area contributed by atoms with E-state index in [1.807, 2.05) is 42.1 Å². The van der Waals surface area contributed by atoms with Crippen molar-refractivity contribution >= 4 is 23.4 Å². The highest BCUT2D eigenvalue weighted by atomic mass is 32.2. The summed E-state index contributed by atoms with van der Waals surface area (Å²) in [6.07, 6.45) is 4.25. The van der Waals surface area contributed by atoms with Gasteiger partial charge in [-0.25, -0.2) is 9.97 Å². The molecule has 1 saturated heterocycles. The molecule has 2 aromatic carbocycles. The summed E-state index contributed by atoms with van der Waals surface area (Å²) in [6.45, 7) is 2.55. The quantitative estimate of drug-likeness (QED) is 0.521. The lowest BCUT2D eigenvalue weighted by Crippen LogP contribution is -2.31. The molecule has 1 aliphatic rings. The molecule has 6 nitrogen and oxygen atoms in total. The van der Waals surface area contributed by atoms with Crippen molar-refractivity contribution in [3.05, 3.63) is 71.3 Å². The van der Waals surface area contributed by atoms with Crippen LogP contribution in [-0.4, -0.2) is 40.3 Å². The molecule has 1 aliphatic heterocycles. The molecule has 2 heterocycles. The molecule has 3 aromatic rings. The van der Waals surface area contributed by atoms with Crippen LogP contribution in [0.3, 0.4) is 0 Å². The van der Waals surface area contributed by atoms with Gasteiger partial charge >= 0.3 is 0 Å². The highest BCUT2D eigenvalue weighted by Gasteiger charge is 2.17. The maximum Gasteiger partial charge on any atom is 0.227 e. The van der Waals surface area contributed by atoms with Crippen molar-refractivity contribution in [3.63, 3.8) is 0 Å². The van der Waals surface area contributed by atoms with E-state index in [1.54, 1.807) is 6.20 Å². The minimum Gasteiger partial charge on any atom is -0.324 e. The molecule has 0 atom stereocenters. The van der Waals surface area contributed by atoms with Gasteiger partial charge in [-0.2, -0.15) is 4.91 Å². The Hall–Kier alpha value is -2.77. The second-order valence-corrected chi connectivity index (χ2v) is 8.89. The van der Waals surface area contributed by atoms with Crippen LogP contribution >= 0.6 is 11.8 Å². The lowest BCUT2D eigenvalue weighted by atomic mass is 10.1. The Bertz CT molecular complexity index is 970. The number of nitrogens with one attached hydrogen (secondary N) is 1. The Kier molecular flexibility index (Phi) is 6.71. The largest absolute Gasteiger partial charge is 0.324 e. The van der Waals surface area contributed by atoms with Crippen LogP contribution in [0.2, 0.25) is 0 Å². The van der Waals surface area contributed by atoms with Gasteiger partial charge in [-0.1, -0.05) is 29.4 Å². The molecule has 0 unspecified atom stereocenters. The number of hydrogen-bond donors (Lipinski definition) is 1. The van der Waals surface area contributed by atoms with E-state index in [0.717, 1.165) is 22.5 Å². The molecule has 1 N–H and O–H groups in total. The number of likely N-dealkylation sites (tertiary alicyclic amines) is 1. The van der Waals surface area contributed by atoms with Gasteiger partial charge in [0.15, 0.2) is 0 Å². The van der Waals surface area contributed by atoms with Gasteiger partial charge < -0.3 is 10.2 Å². The Morgan fingerprint density at radius 1 is 1.07 bits per heavy atom. The normalized spacial score (nSPS) is 15.1. The Morgan fingerprint density at radius 2 is 1.80 bits per heavy atom. The second kappa shape index (κ2) is 9.82. The van der Waals surface area contributed by atoms with Crippen LogP contribution in [-0.2, 0) is 6.54 Å². The first kappa shape index (κ1) is 20.5. The SMILES string of the molecule is CN1CCC(Sc2ccc(-c3ccnc(Nc4ccc(CN=O)cc4)n3)cc2)CC1. The van der Waals surface area contributed by atoms with E-state index in [4.69, 9.17) is 0 Å². The first-order chi connectivity index (χ1) is 14.7. The third kappa shape index (κ3) is 5.43. The lowest BCUT2D eigenvalue weighted by molar-refractivity contribution is 0.282. The van der Waals surface area contributed by atoms with E-state index in [0.29, 0.717) is 11.2 Å². The monoisotopic (exact) mass is 419 g/mol. The van der Waals surface area contributed by atoms with E-state index in [9.17, 15) is 4.91 Å². The van der Waals surface area contributed by atoms with Crippen LogP contribution in [0.1, 0.15) is 18.4 Å². The van der Waals surface area contributed by atoms with Crippen LogP contribution in [0.4, 0.5) is 11.6 Å². The average Bonchev–Trinajstić information content (AvgIpc) is 2.78. The van der Waals surface area contributed by atoms with Gasteiger partial charge in [0, 0.05) is 27.6 Å². The summed E-state index contributed by atoms with van der Waals surface area (Å²) >= 11 is 1.98. The molecule has 0 radical (unpaired) electrons. The van der Waals surface area contributed by atoms with Gasteiger partial charge in [0.2, 0.25) is 5.95 Å². The fourth-order valence-corrected chi connectivity index (χ4v) is 4.60. The van der Waals surface area contributed by atoms with E-state index >= 15 is 0 Å². The van der Waals surface area contributed by atoms with Crippen LogP contribution in [0.25, 0.3) is 11.3 Å². The third-order valence-electron chi connectivity index (χ3n) is 5.23. The van der Waals surface area contributed by atoms with Crippen molar-refractivity contribution in [1.82, 2.24) is 14.9 Å². The van der Waals surface area contributed by atoms with Gasteiger partial charge in [0.05, 0.1) is 5.69 Å². The fraction of sp³-hybridized carbons (Fsp3) is 0.304. The summed E-state index contributed by atoms with van der Waals surface area (Å²) in [5.74, 6) is 0.540. The van der Waals surface area contributed by atoms with Crippen LogP contribution in [0.5, 0.6) is 0 Å². The molecule has 0 bridgehead atoms. The van der Waals surface area contributed by atoms with Crippen molar-refractivity contribution in [2.24, 2.45) is 5.18 Å². The van der Waals surface area contributed by atoms with Gasteiger partial charge in [-0.15, -0.1) is 11.8 Å². The number of anilines is 2. The molecule has 154 valence electrons. The topological polar surface area (TPSA) is 70.5 Å². The van der Waals surface area contributed by atoms with Crippen LogP contribution in [0.15, 0.2) is 70.9 Å². The fourth-order valence-electron chi connectivity index (χ4n) is 3.48. The van der Waals surface area contributed by atoms with Gasteiger partial charge in [-0.05, 0) is 68.9 Å². The molecule has 0 spiro atoms. The summed E-state index contributed by atoms with van der Waals surface area (Å²) in [4.78, 5) is 23.0. The number of hydrogen-bond acceptors (Lipinski definition) is 7. The molecule has 4 rings (SSSR count). The van der Waals surface area contributed by atoms with Crippen LogP contribution in [0, 0.1) is 4.91 Å². The summed E-state index contributed by atoms with van der Waals surface area (Å²) in [5.41, 5.74) is 3.70. The molecule has 0 amide bonds. The van der Waals surface area contributed by atoms with Gasteiger partial charge in [0.25, 0.3) is 0 Å². The molecule has 1 aromatic heterocycles. The highest BCUT2D eigenvalue weighted by Crippen LogP contribution is 2.31. The van der Waals surface area contributed by atoms with Crippen molar-refractivity contribution < 1.29 is 0 Å². The maximum absolute atomic E-state index is 10.4. The zero-order valence-corrected chi connectivity index (χ0v) is 17.8. The molecule has 30 heavy (non-hydrogen) atoms. The first-order valence-electron chi connectivity index (χ1n) is 10.1. The van der Waals surface area contributed by atoms with E-state index < -0.39 is 0 Å². The Morgan fingerprint density at radius 3 is 2.50 bits per heavy atom. The summed E-state index contributed by atoms with van der Waals surface area (Å²) < 4.78 is 0.